The first-order chi connectivity index (χ1) is 9.22. The van der Waals surface area contributed by atoms with E-state index < -0.39 is 0 Å². The first-order valence-corrected chi connectivity index (χ1v) is 6.50. The molecule has 0 heterocycles. The van der Waals surface area contributed by atoms with Crippen molar-refractivity contribution in [2.45, 2.75) is 25.4 Å². The van der Waals surface area contributed by atoms with E-state index in [2.05, 4.69) is 5.32 Å². The second-order valence-corrected chi connectivity index (χ2v) is 4.97. The Balaban J connectivity index is 1.87. The summed E-state index contributed by atoms with van der Waals surface area (Å²) in [5.41, 5.74) is 2.25. The van der Waals surface area contributed by atoms with Crippen LogP contribution in [0.2, 0.25) is 0 Å². The van der Waals surface area contributed by atoms with E-state index in [0.717, 1.165) is 11.1 Å². The molecular weight excluding hydrogens is 244 g/mol. The monoisotopic (exact) mass is 259 g/mol. The van der Waals surface area contributed by atoms with Crippen LogP contribution >= 0.6 is 0 Å². The third-order valence-corrected chi connectivity index (χ3v) is 3.36. The Kier molecular flexibility index (Phi) is 3.30. The molecule has 3 heteroatoms. The molecule has 0 spiro atoms. The highest BCUT2D eigenvalue weighted by molar-refractivity contribution is 5.64. The zero-order valence-electron chi connectivity index (χ0n) is 10.5. The molecule has 2 aromatic carbocycles. The number of hydrogen-bond acceptors (Lipinski definition) is 1. The van der Waals surface area contributed by atoms with Gasteiger partial charge in [-0.2, -0.15) is 0 Å². The highest BCUT2D eigenvalue weighted by atomic mass is 19.1. The van der Waals surface area contributed by atoms with Crippen molar-refractivity contribution >= 4 is 0 Å². The predicted molar refractivity (Wildman–Crippen MR) is 71.7 cm³/mol. The molecule has 2 aromatic rings. The number of hydrogen-bond donors (Lipinski definition) is 1. The quantitative estimate of drug-likeness (QED) is 0.878. The van der Waals surface area contributed by atoms with Gasteiger partial charge >= 0.3 is 0 Å². The van der Waals surface area contributed by atoms with E-state index in [1.54, 1.807) is 18.2 Å². The van der Waals surface area contributed by atoms with Crippen LogP contribution < -0.4 is 5.32 Å². The van der Waals surface area contributed by atoms with Crippen molar-refractivity contribution in [3.8, 4) is 11.1 Å². The summed E-state index contributed by atoms with van der Waals surface area (Å²) in [6.45, 7) is 0.527. The standard InChI is InChI=1S/C16H15F2N/c17-14-3-1-2-11(9-14)12-4-7-16(18)13(8-12)10-19-15-5-6-15/h1-4,7-9,15,19H,5-6,10H2. The molecule has 0 aromatic heterocycles. The molecule has 1 fully saturated rings. The van der Waals surface area contributed by atoms with E-state index >= 15 is 0 Å². The Hall–Kier alpha value is -1.74. The molecule has 1 nitrogen and oxygen atoms in total. The average Bonchev–Trinajstić information content (AvgIpc) is 3.22. The van der Waals surface area contributed by atoms with Crippen LogP contribution in [0, 0.1) is 11.6 Å². The van der Waals surface area contributed by atoms with Gasteiger partial charge in [0.25, 0.3) is 0 Å². The van der Waals surface area contributed by atoms with E-state index in [4.69, 9.17) is 0 Å². The van der Waals surface area contributed by atoms with Crippen LogP contribution in [0.15, 0.2) is 42.5 Å². The van der Waals surface area contributed by atoms with Crippen LogP contribution in [0.1, 0.15) is 18.4 Å². The van der Waals surface area contributed by atoms with Gasteiger partial charge in [-0.15, -0.1) is 0 Å². The lowest BCUT2D eigenvalue weighted by molar-refractivity contribution is 0.587. The lowest BCUT2D eigenvalue weighted by Crippen LogP contribution is -2.16. The van der Waals surface area contributed by atoms with Crippen molar-refractivity contribution in [1.29, 1.82) is 0 Å². The SMILES string of the molecule is Fc1cccc(-c2ccc(F)c(CNC3CC3)c2)c1. The molecule has 98 valence electrons. The van der Waals surface area contributed by atoms with Crippen LogP contribution in [0.3, 0.4) is 0 Å². The summed E-state index contributed by atoms with van der Waals surface area (Å²) in [4.78, 5) is 0. The van der Waals surface area contributed by atoms with Crippen molar-refractivity contribution in [3.63, 3.8) is 0 Å². The molecule has 3 rings (SSSR count). The maximum atomic E-state index is 13.7. The zero-order valence-corrected chi connectivity index (χ0v) is 10.5. The molecule has 0 amide bonds. The summed E-state index contributed by atoms with van der Waals surface area (Å²) in [6, 6.07) is 11.8. The summed E-state index contributed by atoms with van der Waals surface area (Å²) >= 11 is 0. The average molecular weight is 259 g/mol. The van der Waals surface area contributed by atoms with E-state index in [-0.39, 0.29) is 11.6 Å². The largest absolute Gasteiger partial charge is 0.310 e. The molecule has 0 atom stereocenters. The Bertz CT molecular complexity index is 591. The van der Waals surface area contributed by atoms with Gasteiger partial charge in [0, 0.05) is 18.2 Å². The highest BCUT2D eigenvalue weighted by Crippen LogP contribution is 2.24. The third-order valence-electron chi connectivity index (χ3n) is 3.36. The Labute approximate surface area is 111 Å². The fourth-order valence-corrected chi connectivity index (χ4v) is 2.10. The van der Waals surface area contributed by atoms with Crippen LogP contribution in [0.4, 0.5) is 8.78 Å². The van der Waals surface area contributed by atoms with Crippen LogP contribution in [0.25, 0.3) is 11.1 Å². The molecule has 0 aliphatic heterocycles. The van der Waals surface area contributed by atoms with Crippen LogP contribution in [-0.4, -0.2) is 6.04 Å². The molecule has 19 heavy (non-hydrogen) atoms. The van der Waals surface area contributed by atoms with Gasteiger partial charge in [-0.25, -0.2) is 8.78 Å². The highest BCUT2D eigenvalue weighted by Gasteiger charge is 2.20. The fraction of sp³-hybridized carbons (Fsp3) is 0.250. The molecular formula is C16H15F2N. The van der Waals surface area contributed by atoms with Crippen molar-refractivity contribution in [1.82, 2.24) is 5.32 Å². The summed E-state index contributed by atoms with van der Waals surface area (Å²) in [6.07, 6.45) is 2.34. The smallest absolute Gasteiger partial charge is 0.127 e. The van der Waals surface area contributed by atoms with Crippen LogP contribution in [-0.2, 0) is 6.54 Å². The topological polar surface area (TPSA) is 12.0 Å². The molecule has 1 saturated carbocycles. The number of nitrogens with one attached hydrogen (secondary N) is 1. The summed E-state index contributed by atoms with van der Waals surface area (Å²) in [5, 5.41) is 3.29. The second-order valence-electron chi connectivity index (χ2n) is 4.97. The zero-order chi connectivity index (χ0) is 13.2. The third kappa shape index (κ3) is 2.99. The first-order valence-electron chi connectivity index (χ1n) is 6.50. The molecule has 0 unspecified atom stereocenters. The van der Waals surface area contributed by atoms with E-state index in [9.17, 15) is 8.78 Å². The van der Waals surface area contributed by atoms with Gasteiger partial charge in [0.1, 0.15) is 11.6 Å². The maximum absolute atomic E-state index is 13.7. The van der Waals surface area contributed by atoms with Crippen molar-refractivity contribution < 1.29 is 8.78 Å². The van der Waals surface area contributed by atoms with E-state index in [1.807, 2.05) is 6.07 Å². The van der Waals surface area contributed by atoms with E-state index in [1.165, 1.54) is 31.0 Å². The first kappa shape index (κ1) is 12.3. The van der Waals surface area contributed by atoms with Gasteiger partial charge < -0.3 is 5.32 Å². The second kappa shape index (κ2) is 5.10. The normalized spacial score (nSPS) is 14.6. The Morgan fingerprint density at radius 1 is 1.00 bits per heavy atom. The Morgan fingerprint density at radius 3 is 2.53 bits per heavy atom. The van der Waals surface area contributed by atoms with Crippen LogP contribution in [0.5, 0.6) is 0 Å². The van der Waals surface area contributed by atoms with Gasteiger partial charge in [0.05, 0.1) is 0 Å². The van der Waals surface area contributed by atoms with Gasteiger partial charge in [-0.3, -0.25) is 0 Å². The fourth-order valence-electron chi connectivity index (χ4n) is 2.10. The van der Waals surface area contributed by atoms with Crippen molar-refractivity contribution in [2.75, 3.05) is 0 Å². The lowest BCUT2D eigenvalue weighted by Gasteiger charge is -2.08. The summed E-state index contributed by atoms with van der Waals surface area (Å²) < 4.78 is 26.9. The van der Waals surface area contributed by atoms with Gasteiger partial charge in [0.15, 0.2) is 0 Å². The number of halogens is 2. The lowest BCUT2D eigenvalue weighted by atomic mass is 10.0. The Morgan fingerprint density at radius 2 is 1.79 bits per heavy atom. The molecule has 0 saturated heterocycles. The van der Waals surface area contributed by atoms with Gasteiger partial charge in [-0.1, -0.05) is 18.2 Å². The van der Waals surface area contributed by atoms with Crippen molar-refractivity contribution in [2.24, 2.45) is 0 Å². The number of benzene rings is 2. The molecule has 0 radical (unpaired) electrons. The predicted octanol–water partition coefficient (Wildman–Crippen LogP) is 3.88. The molecule has 1 aliphatic carbocycles. The molecule has 1 N–H and O–H groups in total. The maximum Gasteiger partial charge on any atom is 0.127 e. The number of rotatable bonds is 4. The minimum Gasteiger partial charge on any atom is -0.310 e. The van der Waals surface area contributed by atoms with Gasteiger partial charge in [0.2, 0.25) is 0 Å². The summed E-state index contributed by atoms with van der Waals surface area (Å²) in [7, 11) is 0. The summed E-state index contributed by atoms with van der Waals surface area (Å²) in [5.74, 6) is -0.493. The van der Waals surface area contributed by atoms with Crippen molar-refractivity contribution in [3.05, 3.63) is 59.7 Å². The van der Waals surface area contributed by atoms with E-state index in [0.29, 0.717) is 18.2 Å². The minimum absolute atomic E-state index is 0.215. The minimum atomic E-state index is -0.278. The molecule has 1 aliphatic rings. The molecule has 0 bridgehead atoms. The van der Waals surface area contributed by atoms with Gasteiger partial charge in [-0.05, 0) is 48.2 Å².